The standard InChI is InChI=1S/C18H27BFNO5/c1-16(2,3)24-15(22)21(20)13-9-12(10-14(11-13)23-8)19-25-17(4,5)18(6,7)26-19/h9-11H,1-8H3. The monoisotopic (exact) mass is 367 g/mol. The number of hydrogen-bond acceptors (Lipinski definition) is 5. The van der Waals surface area contributed by atoms with Gasteiger partial charge in [0.25, 0.3) is 0 Å². The number of methoxy groups -OCH3 is 1. The Morgan fingerprint density at radius 3 is 2.12 bits per heavy atom. The molecule has 1 amide bonds. The summed E-state index contributed by atoms with van der Waals surface area (Å²) in [5.41, 5.74) is -1.37. The Bertz CT molecular complexity index is 671. The van der Waals surface area contributed by atoms with Crippen LogP contribution in [-0.2, 0) is 14.0 Å². The number of amides is 1. The van der Waals surface area contributed by atoms with E-state index in [0.717, 1.165) is 0 Å². The molecule has 0 unspecified atom stereocenters. The van der Waals surface area contributed by atoms with Gasteiger partial charge in [-0.1, -0.05) is 4.48 Å². The van der Waals surface area contributed by atoms with Crippen molar-refractivity contribution >= 4 is 24.4 Å². The van der Waals surface area contributed by atoms with Crippen LogP contribution in [0.25, 0.3) is 0 Å². The molecule has 6 nitrogen and oxygen atoms in total. The number of hydrogen-bond donors (Lipinski definition) is 0. The van der Waals surface area contributed by atoms with E-state index in [4.69, 9.17) is 18.8 Å². The van der Waals surface area contributed by atoms with Crippen LogP contribution >= 0.6 is 0 Å². The number of benzene rings is 1. The number of nitrogens with zero attached hydrogens (tertiary/aromatic N) is 1. The van der Waals surface area contributed by atoms with Crippen LogP contribution in [0.15, 0.2) is 18.2 Å². The zero-order valence-corrected chi connectivity index (χ0v) is 16.7. The third kappa shape index (κ3) is 4.30. The van der Waals surface area contributed by atoms with Gasteiger partial charge in [0.1, 0.15) is 11.4 Å². The average molecular weight is 367 g/mol. The highest BCUT2D eigenvalue weighted by molar-refractivity contribution is 6.62. The molecule has 8 heteroatoms. The lowest BCUT2D eigenvalue weighted by atomic mass is 9.78. The predicted octanol–water partition coefficient (Wildman–Crippen LogP) is 3.62. The predicted molar refractivity (Wildman–Crippen MR) is 98.5 cm³/mol. The van der Waals surface area contributed by atoms with E-state index < -0.39 is 30.0 Å². The summed E-state index contributed by atoms with van der Waals surface area (Å²) >= 11 is 0. The second kappa shape index (κ2) is 6.74. The molecule has 1 saturated heterocycles. The van der Waals surface area contributed by atoms with Crippen LogP contribution in [0.2, 0.25) is 0 Å². The van der Waals surface area contributed by atoms with Crippen molar-refractivity contribution < 1.29 is 28.1 Å². The maximum absolute atomic E-state index is 14.6. The summed E-state index contributed by atoms with van der Waals surface area (Å²) in [6.07, 6.45) is -1.11. The van der Waals surface area contributed by atoms with Crippen molar-refractivity contribution in [2.75, 3.05) is 12.2 Å². The van der Waals surface area contributed by atoms with E-state index in [1.807, 2.05) is 27.7 Å². The molecule has 144 valence electrons. The highest BCUT2D eigenvalue weighted by atomic mass is 19.2. The second-order valence-corrected chi connectivity index (χ2v) is 8.31. The van der Waals surface area contributed by atoms with Gasteiger partial charge in [0.2, 0.25) is 0 Å². The summed E-state index contributed by atoms with van der Waals surface area (Å²) in [4.78, 5) is 12.0. The first-order chi connectivity index (χ1) is 11.8. The number of anilines is 1. The van der Waals surface area contributed by atoms with E-state index in [-0.39, 0.29) is 10.8 Å². The molecule has 0 saturated carbocycles. The van der Waals surface area contributed by atoms with Crippen LogP contribution in [0.1, 0.15) is 48.5 Å². The normalized spacial score (nSPS) is 18.6. The minimum atomic E-state index is -1.11. The first-order valence-corrected chi connectivity index (χ1v) is 8.49. The van der Waals surface area contributed by atoms with Crippen molar-refractivity contribution in [3.63, 3.8) is 0 Å². The Labute approximate surface area is 154 Å². The topological polar surface area (TPSA) is 57.2 Å². The van der Waals surface area contributed by atoms with Gasteiger partial charge in [-0.2, -0.15) is 0 Å². The summed E-state index contributed by atoms with van der Waals surface area (Å²) in [6, 6.07) is 4.57. The number of ether oxygens (including phenoxy) is 2. The van der Waals surface area contributed by atoms with Gasteiger partial charge in [-0.3, -0.25) is 0 Å². The van der Waals surface area contributed by atoms with Gasteiger partial charge in [0.15, 0.2) is 0 Å². The number of carbonyl (C=O) groups excluding carboxylic acids is 1. The third-order valence-electron chi connectivity index (χ3n) is 4.46. The van der Waals surface area contributed by atoms with Crippen LogP contribution in [0.5, 0.6) is 5.75 Å². The molecule has 1 aromatic carbocycles. The van der Waals surface area contributed by atoms with E-state index in [2.05, 4.69) is 0 Å². The maximum atomic E-state index is 14.6. The molecule has 1 aliphatic heterocycles. The first kappa shape index (κ1) is 20.5. The minimum absolute atomic E-state index is 0.0247. The molecule has 0 spiro atoms. The lowest BCUT2D eigenvalue weighted by Crippen LogP contribution is -2.41. The second-order valence-electron chi connectivity index (χ2n) is 8.31. The zero-order chi connectivity index (χ0) is 19.9. The molecule has 0 aromatic heterocycles. The lowest BCUT2D eigenvalue weighted by molar-refractivity contribution is 0.00578. The Hall–Kier alpha value is -1.80. The molecular formula is C18H27BFNO5. The van der Waals surface area contributed by atoms with Crippen molar-refractivity contribution in [3.05, 3.63) is 18.2 Å². The van der Waals surface area contributed by atoms with Crippen molar-refractivity contribution in [1.29, 1.82) is 0 Å². The number of halogens is 1. The molecule has 0 atom stereocenters. The Morgan fingerprint density at radius 1 is 1.12 bits per heavy atom. The molecule has 1 fully saturated rings. The van der Waals surface area contributed by atoms with E-state index in [9.17, 15) is 9.28 Å². The number of carbonyl (C=O) groups is 1. The molecule has 26 heavy (non-hydrogen) atoms. The molecule has 0 aliphatic carbocycles. The number of rotatable bonds is 3. The van der Waals surface area contributed by atoms with Crippen LogP contribution in [0.3, 0.4) is 0 Å². The summed E-state index contributed by atoms with van der Waals surface area (Å²) in [6.45, 7) is 12.7. The van der Waals surface area contributed by atoms with Gasteiger partial charge in [-0.25, -0.2) is 4.79 Å². The summed E-state index contributed by atoms with van der Waals surface area (Å²) in [5.74, 6) is 0.374. The van der Waals surface area contributed by atoms with Crippen LogP contribution in [0, 0.1) is 0 Å². The minimum Gasteiger partial charge on any atom is -0.497 e. The first-order valence-electron chi connectivity index (χ1n) is 8.49. The quantitative estimate of drug-likeness (QED) is 0.603. The van der Waals surface area contributed by atoms with E-state index >= 15 is 0 Å². The molecule has 0 radical (unpaired) electrons. The Morgan fingerprint density at radius 2 is 1.65 bits per heavy atom. The molecule has 0 bridgehead atoms. The molecule has 1 heterocycles. The maximum Gasteiger partial charge on any atom is 0.495 e. The fourth-order valence-corrected chi connectivity index (χ4v) is 2.36. The van der Waals surface area contributed by atoms with Crippen LogP contribution in [0.4, 0.5) is 15.0 Å². The van der Waals surface area contributed by atoms with Gasteiger partial charge < -0.3 is 18.8 Å². The van der Waals surface area contributed by atoms with Crippen molar-refractivity contribution in [3.8, 4) is 5.75 Å². The highest BCUT2D eigenvalue weighted by Gasteiger charge is 2.52. The summed E-state index contributed by atoms with van der Waals surface area (Å²) < 4.78 is 36.8. The van der Waals surface area contributed by atoms with Crippen molar-refractivity contribution in [2.45, 2.75) is 65.3 Å². The van der Waals surface area contributed by atoms with Gasteiger partial charge in [0, 0.05) is 6.07 Å². The van der Waals surface area contributed by atoms with Crippen LogP contribution < -0.4 is 15.3 Å². The molecule has 2 rings (SSSR count). The lowest BCUT2D eigenvalue weighted by Gasteiger charge is -2.32. The summed E-state index contributed by atoms with van der Waals surface area (Å²) in [7, 11) is 0.754. The Kier molecular flexibility index (Phi) is 5.32. The van der Waals surface area contributed by atoms with E-state index in [0.29, 0.717) is 11.2 Å². The van der Waals surface area contributed by atoms with Gasteiger partial charge in [-0.15, -0.1) is 5.12 Å². The van der Waals surface area contributed by atoms with Gasteiger partial charge in [-0.05, 0) is 66.1 Å². The van der Waals surface area contributed by atoms with E-state index in [1.54, 1.807) is 26.8 Å². The molecular weight excluding hydrogens is 340 g/mol. The smallest absolute Gasteiger partial charge is 0.495 e. The average Bonchev–Trinajstić information content (AvgIpc) is 2.72. The zero-order valence-electron chi connectivity index (χ0n) is 16.7. The Balaban J connectivity index is 2.34. The van der Waals surface area contributed by atoms with Gasteiger partial charge in [0.05, 0.1) is 24.0 Å². The van der Waals surface area contributed by atoms with Gasteiger partial charge >= 0.3 is 13.2 Å². The van der Waals surface area contributed by atoms with Crippen molar-refractivity contribution in [2.24, 2.45) is 0 Å². The molecule has 0 N–H and O–H groups in total. The largest absolute Gasteiger partial charge is 0.497 e. The SMILES string of the molecule is COc1cc(B2OC(C)(C)C(C)(C)O2)cc(N(F)C(=O)OC(C)(C)C)c1. The molecule has 1 aliphatic rings. The third-order valence-corrected chi connectivity index (χ3v) is 4.46. The molecule has 1 aromatic rings. The summed E-state index contributed by atoms with van der Waals surface area (Å²) in [5, 5.41) is -0.0531. The van der Waals surface area contributed by atoms with Crippen molar-refractivity contribution in [1.82, 2.24) is 0 Å². The van der Waals surface area contributed by atoms with E-state index in [1.165, 1.54) is 19.2 Å². The van der Waals surface area contributed by atoms with Crippen LogP contribution in [-0.4, -0.2) is 37.1 Å². The highest BCUT2D eigenvalue weighted by Crippen LogP contribution is 2.37. The fourth-order valence-electron chi connectivity index (χ4n) is 2.36. The fraction of sp³-hybridized carbons (Fsp3) is 0.611.